The van der Waals surface area contributed by atoms with Crippen molar-refractivity contribution < 1.29 is 0 Å². The Morgan fingerprint density at radius 2 is 1.85 bits per heavy atom. The fourth-order valence-corrected chi connectivity index (χ4v) is 2.18. The topological polar surface area (TPSA) is 38.0 Å². The van der Waals surface area contributed by atoms with Crippen molar-refractivity contribution in [3.8, 4) is 0 Å². The summed E-state index contributed by atoms with van der Waals surface area (Å²) in [5.74, 6) is 0. The van der Waals surface area contributed by atoms with Gasteiger partial charge in [0.1, 0.15) is 0 Å². The third-order valence-electron chi connectivity index (χ3n) is 3.23. The van der Waals surface area contributed by atoms with Gasteiger partial charge >= 0.3 is 0 Å². The summed E-state index contributed by atoms with van der Waals surface area (Å²) in [5.41, 5.74) is 6.30. The van der Waals surface area contributed by atoms with Crippen LogP contribution < -0.4 is 11.1 Å². The fourth-order valence-electron chi connectivity index (χ4n) is 2.18. The molecule has 2 nitrogen and oxygen atoms in total. The number of hydrogen-bond donors (Lipinski definition) is 2. The minimum atomic E-state index is 0.419. The molecule has 0 saturated heterocycles. The monoisotopic (exact) mass is 184 g/mol. The molecular weight excluding hydrogens is 160 g/mol. The zero-order chi connectivity index (χ0) is 9.73. The Morgan fingerprint density at radius 1 is 1.23 bits per heavy atom. The molecule has 0 heterocycles. The third-order valence-corrected chi connectivity index (χ3v) is 3.23. The van der Waals surface area contributed by atoms with Crippen LogP contribution >= 0.6 is 0 Å². The van der Waals surface area contributed by atoms with E-state index in [1.807, 2.05) is 0 Å². The molecule has 0 spiro atoms. The lowest BCUT2D eigenvalue weighted by Gasteiger charge is -2.37. The second kappa shape index (κ2) is 4.97. The van der Waals surface area contributed by atoms with Crippen molar-refractivity contribution in [1.82, 2.24) is 5.32 Å². The summed E-state index contributed by atoms with van der Waals surface area (Å²) in [6, 6.07) is 0.588. The fraction of sp³-hybridized carbons (Fsp3) is 1.00. The van der Waals surface area contributed by atoms with Gasteiger partial charge in [-0.1, -0.05) is 33.1 Å². The van der Waals surface area contributed by atoms with Crippen molar-refractivity contribution in [2.24, 2.45) is 11.1 Å². The standard InChI is InChI=1S/C11H24N2/c1-10(2)13-9-11(8-12)6-4-3-5-7-11/h10,13H,3-9,12H2,1-2H3. The van der Waals surface area contributed by atoms with E-state index in [-0.39, 0.29) is 0 Å². The van der Waals surface area contributed by atoms with Gasteiger partial charge in [-0.25, -0.2) is 0 Å². The normalized spacial score (nSPS) is 22.2. The van der Waals surface area contributed by atoms with Crippen LogP contribution in [0.2, 0.25) is 0 Å². The van der Waals surface area contributed by atoms with Crippen molar-refractivity contribution in [2.75, 3.05) is 13.1 Å². The molecule has 3 N–H and O–H groups in total. The van der Waals surface area contributed by atoms with Crippen LogP contribution in [0.4, 0.5) is 0 Å². The van der Waals surface area contributed by atoms with Crippen LogP contribution in [0.25, 0.3) is 0 Å². The van der Waals surface area contributed by atoms with Gasteiger partial charge in [0, 0.05) is 12.6 Å². The molecule has 1 fully saturated rings. The zero-order valence-corrected chi connectivity index (χ0v) is 9.10. The van der Waals surface area contributed by atoms with Crippen LogP contribution in [0.5, 0.6) is 0 Å². The molecule has 13 heavy (non-hydrogen) atoms. The first-order valence-electron chi connectivity index (χ1n) is 5.62. The van der Waals surface area contributed by atoms with E-state index in [2.05, 4.69) is 19.2 Å². The van der Waals surface area contributed by atoms with Crippen LogP contribution in [0.15, 0.2) is 0 Å². The highest BCUT2D eigenvalue weighted by molar-refractivity contribution is 4.86. The lowest BCUT2D eigenvalue weighted by atomic mass is 9.74. The van der Waals surface area contributed by atoms with Gasteiger partial charge in [0.25, 0.3) is 0 Å². The molecule has 0 aromatic carbocycles. The van der Waals surface area contributed by atoms with Gasteiger partial charge in [0.2, 0.25) is 0 Å². The SMILES string of the molecule is CC(C)NCC1(CN)CCCCC1. The molecule has 1 saturated carbocycles. The van der Waals surface area contributed by atoms with E-state index in [1.165, 1.54) is 32.1 Å². The van der Waals surface area contributed by atoms with Crippen LogP contribution in [0.3, 0.4) is 0 Å². The van der Waals surface area contributed by atoms with Crippen molar-refractivity contribution in [3.63, 3.8) is 0 Å². The van der Waals surface area contributed by atoms with E-state index in [0.717, 1.165) is 13.1 Å². The van der Waals surface area contributed by atoms with Gasteiger partial charge in [-0.15, -0.1) is 0 Å². The predicted octanol–water partition coefficient (Wildman–Crippen LogP) is 1.89. The number of hydrogen-bond acceptors (Lipinski definition) is 2. The van der Waals surface area contributed by atoms with Gasteiger partial charge in [0.05, 0.1) is 0 Å². The van der Waals surface area contributed by atoms with E-state index >= 15 is 0 Å². The second-order valence-corrected chi connectivity index (χ2v) is 4.80. The van der Waals surface area contributed by atoms with Crippen LogP contribution in [0, 0.1) is 5.41 Å². The highest BCUT2D eigenvalue weighted by atomic mass is 14.9. The molecule has 0 radical (unpaired) electrons. The summed E-state index contributed by atoms with van der Waals surface area (Å²) in [6.07, 6.45) is 6.80. The van der Waals surface area contributed by atoms with Gasteiger partial charge in [-0.3, -0.25) is 0 Å². The highest BCUT2D eigenvalue weighted by Crippen LogP contribution is 2.34. The smallest absolute Gasteiger partial charge is 0.00223 e. The molecule has 78 valence electrons. The van der Waals surface area contributed by atoms with Gasteiger partial charge in [0.15, 0.2) is 0 Å². The van der Waals surface area contributed by atoms with Crippen LogP contribution in [0.1, 0.15) is 46.0 Å². The van der Waals surface area contributed by atoms with Crippen LogP contribution in [-0.2, 0) is 0 Å². The molecular formula is C11H24N2. The predicted molar refractivity (Wildman–Crippen MR) is 57.7 cm³/mol. The molecule has 1 aliphatic carbocycles. The van der Waals surface area contributed by atoms with Crippen molar-refractivity contribution in [2.45, 2.75) is 52.0 Å². The van der Waals surface area contributed by atoms with Crippen molar-refractivity contribution >= 4 is 0 Å². The third kappa shape index (κ3) is 3.28. The molecule has 0 amide bonds. The summed E-state index contributed by atoms with van der Waals surface area (Å²) in [4.78, 5) is 0. The summed E-state index contributed by atoms with van der Waals surface area (Å²) >= 11 is 0. The molecule has 0 aromatic heterocycles. The molecule has 1 rings (SSSR count). The van der Waals surface area contributed by atoms with E-state index in [9.17, 15) is 0 Å². The van der Waals surface area contributed by atoms with Crippen molar-refractivity contribution in [1.29, 1.82) is 0 Å². The Morgan fingerprint density at radius 3 is 2.31 bits per heavy atom. The number of nitrogens with two attached hydrogens (primary N) is 1. The maximum atomic E-state index is 5.88. The van der Waals surface area contributed by atoms with Gasteiger partial charge in [-0.2, -0.15) is 0 Å². The lowest BCUT2D eigenvalue weighted by molar-refractivity contribution is 0.187. The van der Waals surface area contributed by atoms with Crippen LogP contribution in [-0.4, -0.2) is 19.1 Å². The molecule has 0 aromatic rings. The first-order chi connectivity index (χ1) is 6.18. The quantitative estimate of drug-likeness (QED) is 0.700. The van der Waals surface area contributed by atoms with E-state index in [4.69, 9.17) is 5.73 Å². The summed E-state index contributed by atoms with van der Waals surface area (Å²) in [5, 5.41) is 3.53. The van der Waals surface area contributed by atoms with Crippen molar-refractivity contribution in [3.05, 3.63) is 0 Å². The molecule has 0 bridgehead atoms. The molecule has 2 heteroatoms. The van der Waals surface area contributed by atoms with E-state index in [1.54, 1.807) is 0 Å². The average Bonchev–Trinajstić information content (AvgIpc) is 2.16. The van der Waals surface area contributed by atoms with Gasteiger partial charge in [-0.05, 0) is 24.8 Å². The Bertz CT molecular complexity index is 137. The first-order valence-corrected chi connectivity index (χ1v) is 5.62. The van der Waals surface area contributed by atoms with E-state index in [0.29, 0.717) is 11.5 Å². The Labute approximate surface area is 82.3 Å². The molecule has 1 aliphatic rings. The molecule has 0 atom stereocenters. The zero-order valence-electron chi connectivity index (χ0n) is 9.10. The van der Waals surface area contributed by atoms with E-state index < -0.39 is 0 Å². The number of nitrogens with one attached hydrogen (secondary N) is 1. The van der Waals surface area contributed by atoms with Gasteiger partial charge < -0.3 is 11.1 Å². The summed E-state index contributed by atoms with van der Waals surface area (Å²) in [6.45, 7) is 6.37. The largest absolute Gasteiger partial charge is 0.330 e. The minimum Gasteiger partial charge on any atom is -0.330 e. The Kier molecular flexibility index (Phi) is 4.20. The summed E-state index contributed by atoms with van der Waals surface area (Å²) in [7, 11) is 0. The Balaban J connectivity index is 2.38. The first kappa shape index (κ1) is 11.0. The maximum absolute atomic E-state index is 5.88. The highest BCUT2D eigenvalue weighted by Gasteiger charge is 2.30. The number of rotatable bonds is 4. The molecule has 0 unspecified atom stereocenters. The minimum absolute atomic E-state index is 0.419. The average molecular weight is 184 g/mol. The lowest BCUT2D eigenvalue weighted by Crippen LogP contribution is -2.43. The second-order valence-electron chi connectivity index (χ2n) is 4.80. The Hall–Kier alpha value is -0.0800. The molecule has 0 aliphatic heterocycles. The maximum Gasteiger partial charge on any atom is 0.00223 e. The summed E-state index contributed by atoms with van der Waals surface area (Å²) < 4.78 is 0.